The first kappa shape index (κ1) is 35.1. The zero-order valence-electron chi connectivity index (χ0n) is 30.0. The number of hydrogen-bond donors (Lipinski definition) is 0. The first-order valence-corrected chi connectivity index (χ1v) is 17.9. The van der Waals surface area contributed by atoms with Gasteiger partial charge < -0.3 is 14.4 Å². The van der Waals surface area contributed by atoms with Gasteiger partial charge in [-0.3, -0.25) is 14.4 Å². The van der Waals surface area contributed by atoms with E-state index in [1.165, 1.54) is 6.08 Å². The fraction of sp³-hybridized carbons (Fsp3) is 0.390. The van der Waals surface area contributed by atoms with E-state index in [4.69, 9.17) is 19.6 Å². The lowest BCUT2D eigenvalue weighted by molar-refractivity contribution is -0.130. The number of fused-ring (bicyclic) bond motifs is 4. The second kappa shape index (κ2) is 14.7. The number of pyridine rings is 1. The molecule has 0 radical (unpaired) electrons. The van der Waals surface area contributed by atoms with E-state index in [0.29, 0.717) is 75.8 Å². The molecule has 2 fully saturated rings. The number of methoxy groups -OCH3 is 1. The number of halogens is 1. The number of amides is 1. The van der Waals surface area contributed by atoms with Crippen LogP contribution >= 0.6 is 0 Å². The lowest BCUT2D eigenvalue weighted by atomic mass is 9.90. The summed E-state index contributed by atoms with van der Waals surface area (Å²) in [4.78, 5) is 22.1. The summed E-state index contributed by atoms with van der Waals surface area (Å²) < 4.78 is 31.0. The van der Waals surface area contributed by atoms with Gasteiger partial charge >= 0.3 is 0 Å². The largest absolute Gasteiger partial charge is 0.472 e. The van der Waals surface area contributed by atoms with Crippen LogP contribution in [-0.4, -0.2) is 82.5 Å². The van der Waals surface area contributed by atoms with E-state index in [2.05, 4.69) is 24.1 Å². The Balaban J connectivity index is 1.39. The van der Waals surface area contributed by atoms with Crippen LogP contribution in [0.3, 0.4) is 0 Å². The SMILES string of the molecule is COC/C=C/C(=O)N1CC[C@H](n2ncc3c(O[C@@H](C)[C@@H]4CCCN4C)nc4c(F)c(-c5cccc6cccc(C#N)c56)c(C)cc4c32)C[C@H]1CC#N. The summed E-state index contributed by atoms with van der Waals surface area (Å²) >= 11 is 0. The Bertz CT molecular complexity index is 2280. The molecule has 0 bridgehead atoms. The van der Waals surface area contributed by atoms with E-state index >= 15 is 4.39 Å². The number of benzene rings is 3. The smallest absolute Gasteiger partial charge is 0.246 e. The number of ether oxygens (including phenoxy) is 2. The Labute approximate surface area is 302 Å². The van der Waals surface area contributed by atoms with Crippen LogP contribution in [0.1, 0.15) is 56.2 Å². The molecule has 0 N–H and O–H groups in total. The average Bonchev–Trinajstić information content (AvgIpc) is 3.79. The molecule has 2 aliphatic rings. The normalized spacial score (nSPS) is 20.1. The minimum Gasteiger partial charge on any atom is -0.472 e. The standard InChI is InChI=1S/C41H42FN7O3/c1-25-21-32-39(38(42)36(25)31-12-6-10-27-9-5-11-28(23-44)37(27)31)46-41(52-26(2)34-13-7-18-47(34)3)33-24-45-49(40(32)33)30-16-19-48(29(22-30)15-17-43)35(50)14-8-20-51-4/h5-6,8-12,14,21,24,26,29-30,34H,7,13,15-16,18-20,22H2,1-4H3/b14-8+/t26-,29+,30-,34-/m0/s1. The zero-order valence-corrected chi connectivity index (χ0v) is 30.0. The molecule has 11 heteroatoms. The molecule has 7 rings (SSSR count). The molecule has 266 valence electrons. The molecule has 2 aliphatic heterocycles. The minimum atomic E-state index is -0.494. The zero-order chi connectivity index (χ0) is 36.5. The Hall–Kier alpha value is -5.36. The molecule has 0 saturated carbocycles. The highest BCUT2D eigenvalue weighted by Gasteiger charge is 2.34. The number of aryl methyl sites for hydroxylation is 1. The van der Waals surface area contributed by atoms with E-state index in [1.807, 2.05) is 54.9 Å². The third-order valence-corrected chi connectivity index (χ3v) is 10.8. The highest BCUT2D eigenvalue weighted by Crippen LogP contribution is 2.42. The van der Waals surface area contributed by atoms with Gasteiger partial charge in [0.15, 0.2) is 5.82 Å². The van der Waals surface area contributed by atoms with Crippen molar-refractivity contribution in [2.45, 2.75) is 70.2 Å². The molecule has 1 amide bonds. The molecule has 0 spiro atoms. The van der Waals surface area contributed by atoms with E-state index < -0.39 is 5.82 Å². The minimum absolute atomic E-state index is 0.157. The molecular formula is C41H42FN7O3. The molecule has 5 aromatic rings. The summed E-state index contributed by atoms with van der Waals surface area (Å²) in [5, 5.41) is 27.5. The molecule has 52 heavy (non-hydrogen) atoms. The number of aromatic nitrogens is 3. The van der Waals surface area contributed by atoms with Crippen LogP contribution in [0.5, 0.6) is 5.88 Å². The van der Waals surface area contributed by atoms with Gasteiger partial charge in [-0.05, 0) is 81.8 Å². The third kappa shape index (κ3) is 6.25. The van der Waals surface area contributed by atoms with E-state index in [0.717, 1.165) is 24.8 Å². The number of piperidine rings is 1. The fourth-order valence-electron chi connectivity index (χ4n) is 8.31. The Morgan fingerprint density at radius 1 is 1.15 bits per heavy atom. The first-order valence-electron chi connectivity index (χ1n) is 17.9. The molecule has 0 unspecified atom stereocenters. The van der Waals surface area contributed by atoms with Crippen molar-refractivity contribution < 1.29 is 18.7 Å². The van der Waals surface area contributed by atoms with Gasteiger partial charge in [-0.15, -0.1) is 0 Å². The maximum Gasteiger partial charge on any atom is 0.246 e. The average molecular weight is 700 g/mol. The first-order chi connectivity index (χ1) is 25.2. The Kier molecular flexibility index (Phi) is 9.92. The lowest BCUT2D eigenvalue weighted by Gasteiger charge is -2.38. The van der Waals surface area contributed by atoms with Crippen LogP contribution in [0, 0.1) is 35.4 Å². The summed E-state index contributed by atoms with van der Waals surface area (Å²) in [5.41, 5.74) is 3.04. The van der Waals surface area contributed by atoms with Gasteiger partial charge in [-0.1, -0.05) is 36.4 Å². The van der Waals surface area contributed by atoms with Crippen LogP contribution in [-0.2, 0) is 9.53 Å². The van der Waals surface area contributed by atoms with Gasteiger partial charge in [-0.2, -0.15) is 15.6 Å². The number of likely N-dealkylation sites (N-methyl/N-ethyl adjacent to an activating group) is 1. The fourth-order valence-corrected chi connectivity index (χ4v) is 8.31. The second-order valence-electron chi connectivity index (χ2n) is 14.0. The highest BCUT2D eigenvalue weighted by atomic mass is 19.1. The van der Waals surface area contributed by atoms with Crippen molar-refractivity contribution in [3.8, 4) is 29.1 Å². The van der Waals surface area contributed by atoms with Crippen molar-refractivity contribution in [1.29, 1.82) is 10.5 Å². The van der Waals surface area contributed by atoms with E-state index in [9.17, 15) is 15.3 Å². The number of carbonyl (C=O) groups is 1. The van der Waals surface area contributed by atoms with Crippen LogP contribution in [0.25, 0.3) is 43.7 Å². The second-order valence-corrected chi connectivity index (χ2v) is 14.0. The number of hydrogen-bond acceptors (Lipinski definition) is 8. The topological polar surface area (TPSA) is 120 Å². The van der Waals surface area contributed by atoms with Crippen LogP contribution < -0.4 is 4.74 Å². The molecule has 2 saturated heterocycles. The molecule has 10 nitrogen and oxygen atoms in total. The molecule has 4 heterocycles. The quantitative estimate of drug-likeness (QED) is 0.148. The molecule has 0 aliphatic carbocycles. The maximum atomic E-state index is 17.4. The van der Waals surface area contributed by atoms with Gasteiger partial charge in [0, 0.05) is 48.2 Å². The van der Waals surface area contributed by atoms with E-state index in [1.54, 1.807) is 30.3 Å². The molecular weight excluding hydrogens is 657 g/mol. The van der Waals surface area contributed by atoms with Crippen molar-refractivity contribution in [2.75, 3.05) is 33.9 Å². The van der Waals surface area contributed by atoms with Gasteiger partial charge in [0.2, 0.25) is 11.8 Å². The maximum absolute atomic E-state index is 17.4. The van der Waals surface area contributed by atoms with E-state index in [-0.39, 0.29) is 42.1 Å². The molecule has 3 aromatic carbocycles. The molecule has 4 atom stereocenters. The van der Waals surface area contributed by atoms with Gasteiger partial charge in [0.05, 0.1) is 53.9 Å². The number of nitriles is 2. The van der Waals surface area contributed by atoms with Gasteiger partial charge in [-0.25, -0.2) is 9.37 Å². The predicted molar refractivity (Wildman–Crippen MR) is 198 cm³/mol. The van der Waals surface area contributed by atoms with Crippen molar-refractivity contribution in [1.82, 2.24) is 24.6 Å². The summed E-state index contributed by atoms with van der Waals surface area (Å²) in [6.45, 7) is 5.66. The molecule has 2 aromatic heterocycles. The van der Waals surface area contributed by atoms with Crippen LogP contribution in [0.15, 0.2) is 60.8 Å². The van der Waals surface area contributed by atoms with Crippen molar-refractivity contribution in [3.63, 3.8) is 0 Å². The summed E-state index contributed by atoms with van der Waals surface area (Å²) in [7, 11) is 3.66. The van der Waals surface area contributed by atoms with Crippen molar-refractivity contribution in [3.05, 3.63) is 77.8 Å². The summed E-state index contributed by atoms with van der Waals surface area (Å²) in [6, 6.07) is 17.4. The van der Waals surface area contributed by atoms with Crippen LogP contribution in [0.4, 0.5) is 4.39 Å². The van der Waals surface area contributed by atoms with Gasteiger partial charge in [0.1, 0.15) is 11.6 Å². The third-order valence-electron chi connectivity index (χ3n) is 10.8. The Morgan fingerprint density at radius 3 is 2.69 bits per heavy atom. The highest BCUT2D eigenvalue weighted by molar-refractivity contribution is 6.09. The predicted octanol–water partition coefficient (Wildman–Crippen LogP) is 7.23. The van der Waals surface area contributed by atoms with Crippen molar-refractivity contribution in [2.24, 2.45) is 0 Å². The summed E-state index contributed by atoms with van der Waals surface area (Å²) in [5.74, 6) is -0.336. The Morgan fingerprint density at radius 2 is 1.96 bits per heavy atom. The lowest BCUT2D eigenvalue weighted by Crippen LogP contribution is -2.46. The number of rotatable bonds is 9. The van der Waals surface area contributed by atoms with Crippen LogP contribution in [0.2, 0.25) is 0 Å². The van der Waals surface area contributed by atoms with Gasteiger partial charge in [0.25, 0.3) is 0 Å². The number of likely N-dealkylation sites (tertiary alicyclic amines) is 2. The number of carbonyl (C=O) groups excluding carboxylic acids is 1. The number of nitrogens with zero attached hydrogens (tertiary/aromatic N) is 7. The monoisotopic (exact) mass is 699 g/mol. The summed E-state index contributed by atoms with van der Waals surface area (Å²) in [6.07, 6.45) is 8.05. The van der Waals surface area contributed by atoms with Crippen molar-refractivity contribution >= 4 is 38.5 Å².